The highest BCUT2D eigenvalue weighted by Crippen LogP contribution is 2.18. The monoisotopic (exact) mass is 287 g/mol. The summed E-state index contributed by atoms with van der Waals surface area (Å²) in [7, 11) is -3.49. The molecule has 0 bridgehead atoms. The fourth-order valence-electron chi connectivity index (χ4n) is 1.41. The van der Waals surface area contributed by atoms with Crippen LogP contribution in [0.5, 0.6) is 0 Å². The summed E-state index contributed by atoms with van der Waals surface area (Å²) in [5.41, 5.74) is 0.874. The van der Waals surface area contributed by atoms with Gasteiger partial charge in [0.25, 0.3) is 0 Å². The van der Waals surface area contributed by atoms with Gasteiger partial charge in [0.1, 0.15) is 0 Å². The number of hydrogen-bond donors (Lipinski definition) is 3. The number of hydrogen-bond acceptors (Lipinski definition) is 5. The molecule has 0 amide bonds. The van der Waals surface area contributed by atoms with Gasteiger partial charge in [0.2, 0.25) is 10.0 Å². The van der Waals surface area contributed by atoms with Gasteiger partial charge in [-0.2, -0.15) is 0 Å². The first-order chi connectivity index (χ1) is 8.62. The Labute approximate surface area is 109 Å². The molecule has 2 heterocycles. The number of nitrogens with zero attached hydrogens (tertiary/aromatic N) is 1. The fourth-order valence-corrected chi connectivity index (χ4v) is 3.57. The van der Waals surface area contributed by atoms with Crippen LogP contribution < -0.4 is 4.72 Å². The number of H-pyrrole nitrogens is 1. The van der Waals surface area contributed by atoms with Crippen molar-refractivity contribution in [3.63, 3.8) is 0 Å². The quantitative estimate of drug-likeness (QED) is 0.720. The molecule has 0 aliphatic carbocycles. The molecule has 2 rings (SSSR count). The van der Waals surface area contributed by atoms with Gasteiger partial charge in [0.15, 0.2) is 0 Å². The topological polar surface area (TPSA) is 95.1 Å². The van der Waals surface area contributed by atoms with Crippen LogP contribution in [0.25, 0.3) is 0 Å². The lowest BCUT2D eigenvalue weighted by Crippen LogP contribution is -2.25. The zero-order valence-electron chi connectivity index (χ0n) is 9.46. The summed E-state index contributed by atoms with van der Waals surface area (Å²) in [6.45, 7) is 0.156. The van der Waals surface area contributed by atoms with E-state index in [-0.39, 0.29) is 11.5 Å². The van der Waals surface area contributed by atoms with Crippen molar-refractivity contribution >= 4 is 21.4 Å². The number of aromatic nitrogens is 2. The Morgan fingerprint density at radius 3 is 2.94 bits per heavy atom. The standard InChI is InChI=1S/C10H13N3O3S2/c14-5-9-3-10(6-17-9)18(15,16)13-2-1-8-4-11-7-12-8/h3-4,6-7,13-14H,1-2,5H2,(H,11,12). The average molecular weight is 287 g/mol. The van der Waals surface area contributed by atoms with Crippen LogP contribution in [0.3, 0.4) is 0 Å². The van der Waals surface area contributed by atoms with Crippen molar-refractivity contribution in [3.05, 3.63) is 34.5 Å². The summed E-state index contributed by atoms with van der Waals surface area (Å²) in [5, 5.41) is 10.4. The third kappa shape index (κ3) is 3.16. The normalized spacial score (nSPS) is 11.8. The highest BCUT2D eigenvalue weighted by atomic mass is 32.2. The lowest BCUT2D eigenvalue weighted by atomic mass is 10.3. The van der Waals surface area contributed by atoms with Gasteiger partial charge in [-0.05, 0) is 6.07 Å². The molecule has 18 heavy (non-hydrogen) atoms. The third-order valence-electron chi connectivity index (χ3n) is 2.34. The number of aliphatic hydroxyl groups is 1. The van der Waals surface area contributed by atoms with Gasteiger partial charge in [0, 0.05) is 35.1 Å². The Hall–Kier alpha value is -1.22. The van der Waals surface area contributed by atoms with Crippen LogP contribution in [0.15, 0.2) is 28.9 Å². The molecule has 0 aliphatic rings. The molecule has 0 aromatic carbocycles. The Bertz CT molecular complexity index is 590. The maximum atomic E-state index is 11.9. The maximum Gasteiger partial charge on any atom is 0.241 e. The number of aromatic amines is 1. The number of aliphatic hydroxyl groups excluding tert-OH is 1. The molecule has 98 valence electrons. The summed E-state index contributed by atoms with van der Waals surface area (Å²) < 4.78 is 26.3. The van der Waals surface area contributed by atoms with Gasteiger partial charge in [-0.3, -0.25) is 0 Å². The largest absolute Gasteiger partial charge is 0.391 e. The highest BCUT2D eigenvalue weighted by Gasteiger charge is 2.15. The predicted molar refractivity (Wildman–Crippen MR) is 67.7 cm³/mol. The van der Waals surface area contributed by atoms with E-state index in [1.165, 1.54) is 22.8 Å². The van der Waals surface area contributed by atoms with Crippen LogP contribution >= 0.6 is 11.3 Å². The third-order valence-corrected chi connectivity index (χ3v) is 4.85. The minimum absolute atomic E-state index is 0.145. The Morgan fingerprint density at radius 1 is 1.50 bits per heavy atom. The second kappa shape index (κ2) is 5.61. The SMILES string of the molecule is O=S(=O)(NCCc1cnc[nH]1)c1csc(CO)c1. The van der Waals surface area contributed by atoms with E-state index in [0.717, 1.165) is 5.69 Å². The van der Waals surface area contributed by atoms with Crippen LogP contribution in [-0.4, -0.2) is 30.0 Å². The summed E-state index contributed by atoms with van der Waals surface area (Å²) >= 11 is 1.22. The Morgan fingerprint density at radius 2 is 2.33 bits per heavy atom. The molecular formula is C10H13N3O3S2. The molecule has 0 fully saturated rings. The molecule has 2 aromatic heterocycles. The van der Waals surface area contributed by atoms with Crippen molar-refractivity contribution in [1.29, 1.82) is 0 Å². The predicted octanol–water partition coefficient (Wildman–Crippen LogP) is 0.484. The van der Waals surface area contributed by atoms with Gasteiger partial charge in [-0.25, -0.2) is 18.1 Å². The fraction of sp³-hybridized carbons (Fsp3) is 0.300. The molecule has 0 atom stereocenters. The first-order valence-electron chi connectivity index (χ1n) is 5.27. The summed E-state index contributed by atoms with van der Waals surface area (Å²) in [4.78, 5) is 7.57. The van der Waals surface area contributed by atoms with Gasteiger partial charge in [0.05, 0.1) is 17.8 Å². The minimum Gasteiger partial charge on any atom is -0.391 e. The molecule has 0 unspecified atom stereocenters. The first kappa shape index (κ1) is 13.2. The second-order valence-corrected chi connectivity index (χ2v) is 6.39. The van der Waals surface area contributed by atoms with Crippen molar-refractivity contribution in [3.8, 4) is 0 Å². The van der Waals surface area contributed by atoms with Gasteiger partial charge < -0.3 is 10.1 Å². The molecule has 3 N–H and O–H groups in total. The molecule has 8 heteroatoms. The summed E-state index contributed by atoms with van der Waals surface area (Å²) in [5.74, 6) is 0. The number of sulfonamides is 1. The summed E-state index contributed by atoms with van der Waals surface area (Å²) in [6.07, 6.45) is 3.76. The zero-order valence-corrected chi connectivity index (χ0v) is 11.1. The van der Waals surface area contributed by atoms with Crippen molar-refractivity contribution in [2.24, 2.45) is 0 Å². The van der Waals surface area contributed by atoms with Crippen molar-refractivity contribution in [2.45, 2.75) is 17.9 Å². The van der Waals surface area contributed by atoms with Gasteiger partial charge in [-0.1, -0.05) is 0 Å². The average Bonchev–Trinajstić information content (AvgIpc) is 2.99. The zero-order chi connectivity index (χ0) is 13.0. The van der Waals surface area contributed by atoms with E-state index in [4.69, 9.17) is 5.11 Å². The number of rotatable bonds is 6. The van der Waals surface area contributed by atoms with Crippen molar-refractivity contribution in [1.82, 2.24) is 14.7 Å². The van der Waals surface area contributed by atoms with Gasteiger partial charge >= 0.3 is 0 Å². The molecule has 0 aliphatic heterocycles. The molecule has 2 aromatic rings. The number of imidazole rings is 1. The molecule has 0 saturated carbocycles. The molecule has 0 spiro atoms. The molecular weight excluding hydrogens is 274 g/mol. The van der Waals surface area contributed by atoms with Crippen LogP contribution in [0.2, 0.25) is 0 Å². The van der Waals surface area contributed by atoms with E-state index in [1.54, 1.807) is 12.5 Å². The molecule has 6 nitrogen and oxygen atoms in total. The number of nitrogens with one attached hydrogen (secondary N) is 2. The van der Waals surface area contributed by atoms with Crippen LogP contribution in [0.4, 0.5) is 0 Å². The molecule has 0 saturated heterocycles. The molecule has 0 radical (unpaired) electrons. The van der Waals surface area contributed by atoms with E-state index >= 15 is 0 Å². The van der Waals surface area contributed by atoms with E-state index in [2.05, 4.69) is 14.7 Å². The van der Waals surface area contributed by atoms with E-state index in [0.29, 0.717) is 17.8 Å². The minimum atomic E-state index is -3.49. The Kier molecular flexibility index (Phi) is 4.12. The first-order valence-corrected chi connectivity index (χ1v) is 7.63. The maximum absolute atomic E-state index is 11.9. The van der Waals surface area contributed by atoms with E-state index in [9.17, 15) is 8.42 Å². The van der Waals surface area contributed by atoms with E-state index in [1.807, 2.05) is 0 Å². The van der Waals surface area contributed by atoms with Crippen molar-refractivity contribution in [2.75, 3.05) is 6.54 Å². The smallest absolute Gasteiger partial charge is 0.241 e. The summed E-state index contributed by atoms with van der Waals surface area (Å²) in [6, 6.07) is 1.48. The van der Waals surface area contributed by atoms with Gasteiger partial charge in [-0.15, -0.1) is 11.3 Å². The van der Waals surface area contributed by atoms with Crippen LogP contribution in [-0.2, 0) is 23.1 Å². The number of thiophene rings is 1. The lowest BCUT2D eigenvalue weighted by Gasteiger charge is -2.03. The highest BCUT2D eigenvalue weighted by molar-refractivity contribution is 7.89. The van der Waals surface area contributed by atoms with Crippen molar-refractivity contribution < 1.29 is 13.5 Å². The Balaban J connectivity index is 1.95. The van der Waals surface area contributed by atoms with Crippen LogP contribution in [0.1, 0.15) is 10.6 Å². The lowest BCUT2D eigenvalue weighted by molar-refractivity contribution is 0.285. The second-order valence-electron chi connectivity index (χ2n) is 3.63. The van der Waals surface area contributed by atoms with Crippen LogP contribution in [0, 0.1) is 0 Å². The van der Waals surface area contributed by atoms with E-state index < -0.39 is 10.0 Å².